The Morgan fingerprint density at radius 1 is 1.41 bits per heavy atom. The summed E-state index contributed by atoms with van der Waals surface area (Å²) in [5.74, 6) is -0.602. The van der Waals surface area contributed by atoms with E-state index in [1.165, 1.54) is 7.05 Å². The zero-order valence-electron chi connectivity index (χ0n) is 12.3. The number of amides is 1. The molecule has 3 nitrogen and oxygen atoms in total. The second-order valence-corrected chi connectivity index (χ2v) is 6.01. The molecule has 1 amide bonds. The number of alkyl halides is 3. The van der Waals surface area contributed by atoms with Crippen LogP contribution in [0.1, 0.15) is 31.4 Å². The fraction of sp³-hybridized carbons (Fsp3) is 0.533. The van der Waals surface area contributed by atoms with Crippen LogP contribution in [0, 0.1) is 0 Å². The summed E-state index contributed by atoms with van der Waals surface area (Å²) in [6, 6.07) is 4.25. The summed E-state index contributed by atoms with van der Waals surface area (Å²) < 4.78 is 40.0. The standard InChI is InChI=1S/C15H18ClF3N2O/c1-9(22)21(2)14(15(17,18)19)13-7-6-12(20-13)10-4-3-5-11(16)8-10/h3-5,8,12-14,20H,6-7H2,1-2H3. The number of benzene rings is 1. The molecule has 1 heterocycles. The van der Waals surface area contributed by atoms with Crippen LogP contribution in [0.25, 0.3) is 0 Å². The highest BCUT2D eigenvalue weighted by Crippen LogP contribution is 2.35. The Bertz CT molecular complexity index is 550. The zero-order chi connectivity index (χ0) is 16.5. The first kappa shape index (κ1) is 17.1. The molecular formula is C15H18ClF3N2O. The fourth-order valence-electron chi connectivity index (χ4n) is 2.92. The molecule has 1 aliphatic heterocycles. The SMILES string of the molecule is CC(=O)N(C)C(C1CCC(c2cccc(Cl)c2)N1)C(F)(F)F. The molecule has 0 radical (unpaired) electrons. The van der Waals surface area contributed by atoms with Gasteiger partial charge in [0.25, 0.3) is 0 Å². The van der Waals surface area contributed by atoms with Gasteiger partial charge >= 0.3 is 6.18 Å². The molecule has 0 aliphatic carbocycles. The van der Waals surface area contributed by atoms with Crippen LogP contribution >= 0.6 is 11.6 Å². The van der Waals surface area contributed by atoms with E-state index in [9.17, 15) is 18.0 Å². The van der Waals surface area contributed by atoms with Crippen molar-refractivity contribution in [3.8, 4) is 0 Å². The predicted molar refractivity (Wildman–Crippen MR) is 78.6 cm³/mol. The molecule has 0 bridgehead atoms. The van der Waals surface area contributed by atoms with Crippen LogP contribution in [-0.2, 0) is 4.79 Å². The highest BCUT2D eigenvalue weighted by molar-refractivity contribution is 6.30. The molecule has 0 aromatic heterocycles. The quantitative estimate of drug-likeness (QED) is 0.917. The van der Waals surface area contributed by atoms with E-state index < -0.39 is 24.2 Å². The second kappa shape index (κ2) is 6.46. The Morgan fingerprint density at radius 3 is 2.64 bits per heavy atom. The molecule has 3 atom stereocenters. The lowest BCUT2D eigenvalue weighted by Crippen LogP contribution is -2.56. The van der Waals surface area contributed by atoms with Crippen molar-refractivity contribution < 1.29 is 18.0 Å². The van der Waals surface area contributed by atoms with Crippen molar-refractivity contribution in [2.75, 3.05) is 7.05 Å². The molecule has 1 fully saturated rings. The number of halogens is 4. The van der Waals surface area contributed by atoms with Gasteiger partial charge in [-0.05, 0) is 30.5 Å². The zero-order valence-corrected chi connectivity index (χ0v) is 13.1. The Labute approximate surface area is 132 Å². The maximum absolute atomic E-state index is 13.3. The molecule has 1 aliphatic rings. The Hall–Kier alpha value is -1.27. The minimum atomic E-state index is -4.47. The van der Waals surface area contributed by atoms with Gasteiger partial charge < -0.3 is 10.2 Å². The third-order valence-electron chi connectivity index (χ3n) is 4.06. The number of hydrogen-bond donors (Lipinski definition) is 1. The molecule has 1 aromatic rings. The van der Waals surface area contributed by atoms with Crippen LogP contribution in [0.5, 0.6) is 0 Å². The lowest BCUT2D eigenvalue weighted by Gasteiger charge is -2.34. The molecule has 0 saturated carbocycles. The van der Waals surface area contributed by atoms with Gasteiger partial charge in [0, 0.05) is 31.1 Å². The van der Waals surface area contributed by atoms with Crippen molar-refractivity contribution >= 4 is 17.5 Å². The largest absolute Gasteiger partial charge is 0.410 e. The average molecular weight is 335 g/mol. The molecule has 122 valence electrons. The van der Waals surface area contributed by atoms with Gasteiger partial charge in [0.15, 0.2) is 0 Å². The van der Waals surface area contributed by atoms with Crippen LogP contribution in [0.15, 0.2) is 24.3 Å². The highest BCUT2D eigenvalue weighted by atomic mass is 35.5. The number of nitrogens with one attached hydrogen (secondary N) is 1. The summed E-state index contributed by atoms with van der Waals surface area (Å²) in [5.41, 5.74) is 0.862. The number of carbonyl (C=O) groups is 1. The number of carbonyl (C=O) groups excluding carboxylic acids is 1. The third kappa shape index (κ3) is 3.73. The van der Waals surface area contributed by atoms with E-state index in [0.717, 1.165) is 17.4 Å². The lowest BCUT2D eigenvalue weighted by molar-refractivity contribution is -0.191. The van der Waals surface area contributed by atoms with Crippen molar-refractivity contribution in [3.05, 3.63) is 34.9 Å². The van der Waals surface area contributed by atoms with Gasteiger partial charge in [-0.25, -0.2) is 0 Å². The van der Waals surface area contributed by atoms with E-state index >= 15 is 0 Å². The van der Waals surface area contributed by atoms with E-state index in [0.29, 0.717) is 17.9 Å². The number of rotatable bonds is 3. The number of nitrogens with zero attached hydrogens (tertiary/aromatic N) is 1. The maximum Gasteiger partial charge on any atom is 0.410 e. The monoisotopic (exact) mass is 334 g/mol. The molecule has 1 saturated heterocycles. The Kier molecular flexibility index (Phi) is 5.02. The Morgan fingerprint density at radius 2 is 2.09 bits per heavy atom. The topological polar surface area (TPSA) is 32.3 Å². The molecule has 1 aromatic carbocycles. The van der Waals surface area contributed by atoms with Crippen LogP contribution in [0.3, 0.4) is 0 Å². The van der Waals surface area contributed by atoms with E-state index in [-0.39, 0.29) is 6.04 Å². The van der Waals surface area contributed by atoms with Gasteiger partial charge in [0.2, 0.25) is 5.91 Å². The van der Waals surface area contributed by atoms with Gasteiger partial charge in [0.05, 0.1) is 0 Å². The third-order valence-corrected chi connectivity index (χ3v) is 4.30. The van der Waals surface area contributed by atoms with Gasteiger partial charge in [0.1, 0.15) is 6.04 Å². The number of hydrogen-bond acceptors (Lipinski definition) is 2. The van der Waals surface area contributed by atoms with Crippen molar-refractivity contribution in [1.82, 2.24) is 10.2 Å². The normalized spacial score (nSPS) is 23.4. The predicted octanol–water partition coefficient (Wildman–Crippen LogP) is 3.54. The molecule has 22 heavy (non-hydrogen) atoms. The highest BCUT2D eigenvalue weighted by Gasteiger charge is 2.50. The van der Waals surface area contributed by atoms with Crippen molar-refractivity contribution in [2.24, 2.45) is 0 Å². The molecule has 2 rings (SSSR count). The van der Waals surface area contributed by atoms with Crippen LogP contribution in [-0.4, -0.2) is 36.1 Å². The number of likely N-dealkylation sites (N-methyl/N-ethyl adjacent to an activating group) is 1. The minimum Gasteiger partial charge on any atom is -0.332 e. The van der Waals surface area contributed by atoms with Gasteiger partial charge in [-0.1, -0.05) is 23.7 Å². The second-order valence-electron chi connectivity index (χ2n) is 5.57. The van der Waals surface area contributed by atoms with Gasteiger partial charge in [-0.15, -0.1) is 0 Å². The van der Waals surface area contributed by atoms with E-state index in [4.69, 9.17) is 11.6 Å². The summed E-state index contributed by atoms with van der Waals surface area (Å²) in [7, 11) is 1.19. The summed E-state index contributed by atoms with van der Waals surface area (Å²) in [4.78, 5) is 12.1. The van der Waals surface area contributed by atoms with Crippen molar-refractivity contribution in [2.45, 2.75) is 44.1 Å². The fourth-order valence-corrected chi connectivity index (χ4v) is 3.12. The lowest BCUT2D eigenvalue weighted by atomic mass is 10.0. The summed E-state index contributed by atoms with van der Waals surface area (Å²) in [5, 5.41) is 3.56. The molecule has 7 heteroatoms. The van der Waals surface area contributed by atoms with Crippen LogP contribution < -0.4 is 5.32 Å². The minimum absolute atomic E-state index is 0.186. The maximum atomic E-state index is 13.3. The van der Waals surface area contributed by atoms with E-state index in [1.807, 2.05) is 6.07 Å². The van der Waals surface area contributed by atoms with Crippen molar-refractivity contribution in [1.29, 1.82) is 0 Å². The first-order valence-electron chi connectivity index (χ1n) is 7.01. The smallest absolute Gasteiger partial charge is 0.332 e. The summed E-state index contributed by atoms with van der Waals surface area (Å²) in [6.45, 7) is 1.14. The van der Waals surface area contributed by atoms with Gasteiger partial charge in [-0.3, -0.25) is 4.79 Å². The van der Waals surface area contributed by atoms with E-state index in [1.54, 1.807) is 18.2 Å². The molecule has 1 N–H and O–H groups in total. The van der Waals surface area contributed by atoms with E-state index in [2.05, 4.69) is 5.32 Å². The Balaban J connectivity index is 2.17. The van der Waals surface area contributed by atoms with Crippen molar-refractivity contribution in [3.63, 3.8) is 0 Å². The van der Waals surface area contributed by atoms with Gasteiger partial charge in [-0.2, -0.15) is 13.2 Å². The average Bonchev–Trinajstić information content (AvgIpc) is 2.86. The summed E-state index contributed by atoms with van der Waals surface area (Å²) in [6.07, 6.45) is -3.55. The first-order chi connectivity index (χ1) is 10.2. The summed E-state index contributed by atoms with van der Waals surface area (Å²) >= 11 is 5.93. The van der Waals surface area contributed by atoms with Crippen LogP contribution in [0.4, 0.5) is 13.2 Å². The first-order valence-corrected chi connectivity index (χ1v) is 7.39. The molecule has 0 spiro atoms. The molecule has 3 unspecified atom stereocenters. The van der Waals surface area contributed by atoms with Crippen LogP contribution in [0.2, 0.25) is 5.02 Å². The molecular weight excluding hydrogens is 317 g/mol.